The van der Waals surface area contributed by atoms with Gasteiger partial charge in [-0.2, -0.15) is 0 Å². The maximum atomic E-state index is 11.1. The highest BCUT2D eigenvalue weighted by atomic mass is 16.5. The lowest BCUT2D eigenvalue weighted by Crippen LogP contribution is -2.30. The molecule has 0 aromatic carbocycles. The number of esters is 1. The third-order valence-electron chi connectivity index (χ3n) is 1.71. The normalized spacial score (nSPS) is 9.07. The van der Waals surface area contributed by atoms with Gasteiger partial charge < -0.3 is 10.1 Å². The molecule has 15 heavy (non-hydrogen) atoms. The van der Waals surface area contributed by atoms with Gasteiger partial charge >= 0.3 is 5.97 Å². The molecule has 0 aliphatic carbocycles. The molecule has 0 aromatic heterocycles. The summed E-state index contributed by atoms with van der Waals surface area (Å²) in [6.45, 7) is 2.00. The quantitative estimate of drug-likeness (QED) is 0.386. The lowest BCUT2D eigenvalue weighted by molar-refractivity contribution is -0.143. The molecule has 0 bridgehead atoms. The van der Waals surface area contributed by atoms with Crippen molar-refractivity contribution in [3.63, 3.8) is 0 Å². The van der Waals surface area contributed by atoms with Gasteiger partial charge in [0.05, 0.1) is 6.61 Å². The largest absolute Gasteiger partial charge is 0.465 e. The van der Waals surface area contributed by atoms with Gasteiger partial charge in [-0.25, -0.2) is 0 Å². The van der Waals surface area contributed by atoms with Crippen molar-refractivity contribution in [2.75, 3.05) is 13.2 Å². The third kappa shape index (κ3) is 8.82. The number of nitrogens with one attached hydrogen (secondary N) is 1. The van der Waals surface area contributed by atoms with Crippen LogP contribution in [0.4, 0.5) is 0 Å². The van der Waals surface area contributed by atoms with Crippen LogP contribution in [0.5, 0.6) is 0 Å². The number of terminal acetylenes is 1. The molecule has 0 spiro atoms. The topological polar surface area (TPSA) is 55.4 Å². The van der Waals surface area contributed by atoms with Crippen molar-refractivity contribution in [1.82, 2.24) is 5.32 Å². The van der Waals surface area contributed by atoms with E-state index in [1.165, 1.54) is 0 Å². The van der Waals surface area contributed by atoms with Crippen LogP contribution in [0.15, 0.2) is 0 Å². The van der Waals surface area contributed by atoms with Gasteiger partial charge in [0.2, 0.25) is 5.91 Å². The Bertz CT molecular complexity index is 243. The summed E-state index contributed by atoms with van der Waals surface area (Å²) in [5.74, 6) is 1.96. The smallest absolute Gasteiger partial charge is 0.325 e. The van der Waals surface area contributed by atoms with Gasteiger partial charge in [0.25, 0.3) is 0 Å². The second-order valence-electron chi connectivity index (χ2n) is 2.99. The highest BCUT2D eigenvalue weighted by Gasteiger charge is 2.04. The number of hydrogen-bond donors (Lipinski definition) is 1. The summed E-state index contributed by atoms with van der Waals surface area (Å²) in [6.07, 6.45) is 7.74. The number of carbonyl (C=O) groups excluding carboxylic acids is 2. The Hall–Kier alpha value is -1.50. The minimum Gasteiger partial charge on any atom is -0.465 e. The number of ether oxygens (including phenoxy) is 1. The van der Waals surface area contributed by atoms with Gasteiger partial charge in [-0.15, -0.1) is 12.3 Å². The lowest BCUT2D eigenvalue weighted by Gasteiger charge is -2.04. The van der Waals surface area contributed by atoms with E-state index < -0.39 is 5.97 Å². The molecule has 0 aliphatic heterocycles. The van der Waals surface area contributed by atoms with Crippen molar-refractivity contribution in [1.29, 1.82) is 0 Å². The molecule has 0 rings (SSSR count). The highest BCUT2D eigenvalue weighted by molar-refractivity contribution is 5.81. The predicted molar refractivity (Wildman–Crippen MR) is 56.9 cm³/mol. The molecule has 0 aliphatic rings. The minimum atomic E-state index is -0.408. The van der Waals surface area contributed by atoms with Crippen molar-refractivity contribution in [3.8, 4) is 12.3 Å². The average molecular weight is 211 g/mol. The van der Waals surface area contributed by atoms with E-state index >= 15 is 0 Å². The monoisotopic (exact) mass is 211 g/mol. The Morgan fingerprint density at radius 2 is 2.13 bits per heavy atom. The number of unbranched alkanes of at least 4 members (excludes halogenated alkanes) is 2. The van der Waals surface area contributed by atoms with Crippen LogP contribution in [0.1, 0.15) is 32.6 Å². The van der Waals surface area contributed by atoms with E-state index in [1.807, 2.05) is 0 Å². The van der Waals surface area contributed by atoms with Crippen LogP contribution >= 0.6 is 0 Å². The molecule has 0 heterocycles. The van der Waals surface area contributed by atoms with Crippen LogP contribution in [0, 0.1) is 12.3 Å². The molecule has 4 nitrogen and oxygen atoms in total. The Balaban J connectivity index is 3.41. The average Bonchev–Trinajstić information content (AvgIpc) is 2.22. The molecule has 0 saturated carbocycles. The van der Waals surface area contributed by atoms with Crippen molar-refractivity contribution in [2.24, 2.45) is 0 Å². The number of carbonyl (C=O) groups is 2. The zero-order valence-corrected chi connectivity index (χ0v) is 9.04. The first-order valence-corrected chi connectivity index (χ1v) is 5.06. The molecular formula is C11H17NO3. The van der Waals surface area contributed by atoms with E-state index in [1.54, 1.807) is 6.92 Å². The van der Waals surface area contributed by atoms with E-state index in [9.17, 15) is 9.59 Å². The second-order valence-corrected chi connectivity index (χ2v) is 2.99. The van der Waals surface area contributed by atoms with Gasteiger partial charge in [0.1, 0.15) is 6.54 Å². The van der Waals surface area contributed by atoms with Crippen LogP contribution < -0.4 is 5.32 Å². The molecule has 84 valence electrons. The zero-order chi connectivity index (χ0) is 11.5. The molecule has 0 saturated heterocycles. The van der Waals surface area contributed by atoms with Crippen LogP contribution in [-0.2, 0) is 14.3 Å². The Morgan fingerprint density at radius 3 is 2.73 bits per heavy atom. The van der Waals surface area contributed by atoms with Crippen molar-refractivity contribution < 1.29 is 14.3 Å². The lowest BCUT2D eigenvalue weighted by atomic mass is 10.2. The summed E-state index contributed by atoms with van der Waals surface area (Å²) < 4.78 is 4.66. The molecular weight excluding hydrogens is 194 g/mol. The molecule has 0 unspecified atom stereocenters. The SMILES string of the molecule is C#CCCCCC(=O)NCC(=O)OCC. The van der Waals surface area contributed by atoms with Crippen LogP contribution in [-0.4, -0.2) is 25.0 Å². The molecule has 0 fully saturated rings. The predicted octanol–water partition coefficient (Wildman–Crippen LogP) is 0.859. The Kier molecular flexibility index (Phi) is 8.16. The fourth-order valence-corrected chi connectivity index (χ4v) is 0.984. The summed E-state index contributed by atoms with van der Waals surface area (Å²) in [5, 5.41) is 2.48. The molecule has 0 aromatic rings. The molecule has 1 N–H and O–H groups in total. The maximum absolute atomic E-state index is 11.1. The van der Waals surface area contributed by atoms with Crippen molar-refractivity contribution in [3.05, 3.63) is 0 Å². The van der Waals surface area contributed by atoms with E-state index in [0.717, 1.165) is 12.8 Å². The van der Waals surface area contributed by atoms with Crippen LogP contribution in [0.3, 0.4) is 0 Å². The molecule has 4 heteroatoms. The van der Waals surface area contributed by atoms with Crippen LogP contribution in [0.25, 0.3) is 0 Å². The first-order valence-electron chi connectivity index (χ1n) is 5.06. The molecule has 0 atom stereocenters. The Labute approximate surface area is 90.4 Å². The van der Waals surface area contributed by atoms with Gasteiger partial charge in [0, 0.05) is 12.8 Å². The number of rotatable bonds is 7. The van der Waals surface area contributed by atoms with Crippen LogP contribution in [0.2, 0.25) is 0 Å². The van der Waals surface area contributed by atoms with Crippen molar-refractivity contribution >= 4 is 11.9 Å². The highest BCUT2D eigenvalue weighted by Crippen LogP contribution is 1.98. The minimum absolute atomic E-state index is 0.0538. The summed E-state index contributed by atoms with van der Waals surface area (Å²) in [7, 11) is 0. The molecule has 0 radical (unpaired) electrons. The van der Waals surface area contributed by atoms with E-state index in [0.29, 0.717) is 19.4 Å². The number of amides is 1. The Morgan fingerprint density at radius 1 is 1.40 bits per heavy atom. The van der Waals surface area contributed by atoms with Gasteiger partial charge in [-0.3, -0.25) is 9.59 Å². The number of hydrogen-bond acceptors (Lipinski definition) is 3. The summed E-state index contributed by atoms with van der Waals surface area (Å²) in [6, 6.07) is 0. The maximum Gasteiger partial charge on any atom is 0.325 e. The van der Waals surface area contributed by atoms with E-state index in [2.05, 4.69) is 16.0 Å². The van der Waals surface area contributed by atoms with Gasteiger partial charge in [-0.05, 0) is 19.8 Å². The second kappa shape index (κ2) is 9.07. The van der Waals surface area contributed by atoms with E-state index in [-0.39, 0.29) is 12.5 Å². The first-order chi connectivity index (χ1) is 7.20. The standard InChI is InChI=1S/C11H17NO3/c1-3-5-6-7-8-10(13)12-9-11(14)15-4-2/h1H,4-9H2,2H3,(H,12,13). The molecule has 1 amide bonds. The fourth-order valence-electron chi connectivity index (χ4n) is 0.984. The van der Waals surface area contributed by atoms with Gasteiger partial charge in [-0.1, -0.05) is 0 Å². The van der Waals surface area contributed by atoms with Gasteiger partial charge in [0.15, 0.2) is 0 Å². The van der Waals surface area contributed by atoms with Crippen molar-refractivity contribution in [2.45, 2.75) is 32.6 Å². The summed E-state index contributed by atoms with van der Waals surface area (Å²) >= 11 is 0. The van der Waals surface area contributed by atoms with E-state index in [4.69, 9.17) is 6.42 Å². The summed E-state index contributed by atoms with van der Waals surface area (Å²) in [5.41, 5.74) is 0. The first kappa shape index (κ1) is 13.5. The fraction of sp³-hybridized carbons (Fsp3) is 0.636. The zero-order valence-electron chi connectivity index (χ0n) is 9.04. The summed E-state index contributed by atoms with van der Waals surface area (Å²) in [4.78, 5) is 22.0. The third-order valence-corrected chi connectivity index (χ3v) is 1.71.